The summed E-state index contributed by atoms with van der Waals surface area (Å²) >= 11 is 0. The number of likely N-dealkylation sites (tertiary alicyclic amines) is 1. The van der Waals surface area contributed by atoms with Crippen LogP contribution in [0, 0.1) is 17.3 Å². The van der Waals surface area contributed by atoms with Gasteiger partial charge >= 0.3 is 5.97 Å². The molecule has 6 atom stereocenters. The van der Waals surface area contributed by atoms with Crippen LogP contribution in [0.15, 0.2) is 34.3 Å². The summed E-state index contributed by atoms with van der Waals surface area (Å²) in [6.45, 7) is 13.2. The van der Waals surface area contributed by atoms with Gasteiger partial charge < -0.3 is 58.5 Å². The van der Waals surface area contributed by atoms with Crippen LogP contribution < -0.4 is 43.4 Å². The number of phenolic OH excluding ortho intramolecular Hbond substituents is 1. The van der Waals surface area contributed by atoms with E-state index in [0.29, 0.717) is 50.8 Å². The van der Waals surface area contributed by atoms with Gasteiger partial charge in [-0.1, -0.05) is 53.7 Å². The lowest BCUT2D eigenvalue weighted by Crippen LogP contribution is -2.61. The van der Waals surface area contributed by atoms with E-state index >= 15 is 0 Å². The van der Waals surface area contributed by atoms with Gasteiger partial charge in [0.1, 0.15) is 36.0 Å². The van der Waals surface area contributed by atoms with Crippen molar-refractivity contribution in [3.05, 3.63) is 29.8 Å². The number of carbonyl (C=O) groups is 6. The predicted molar refractivity (Wildman–Crippen MR) is 227 cm³/mol. The van der Waals surface area contributed by atoms with E-state index in [1.54, 1.807) is 39.8 Å². The van der Waals surface area contributed by atoms with Gasteiger partial charge in [-0.25, -0.2) is 4.79 Å². The molecule has 0 spiro atoms. The Hall–Kier alpha value is -5.62. The standard InChI is InChI=1S/C41H67N11O8/c1-24(2)22-30(38(59)60)50-36(57)32(41(4,5)6)51-34(55)29(23-26-13-15-27(53)16-14-26)49-35(56)31-12-9-21-52(31)37(58)28(11-8-17-44-39(42)43)48-33(54)25(3)10-7-18-45-40-46-19-20-47-40/h13-16,24-25,28-32,53H,7-12,17-23H2,1-6H3,(H,48,54)(H,49,56)(H,50,57)(H,51,55)(H,59,60)(H4,42,43,44)(H2,45,46,47)/t25-,28-,29-,30-,31-,32+/m0/s1. The molecule has 0 unspecified atom stereocenters. The number of carbonyl (C=O) groups excluding carboxylic acids is 5. The second-order valence-corrected chi connectivity index (χ2v) is 17.1. The highest BCUT2D eigenvalue weighted by atomic mass is 16.4. The number of nitrogens with two attached hydrogens (primary N) is 2. The average Bonchev–Trinajstić information content (AvgIpc) is 3.89. The van der Waals surface area contributed by atoms with Gasteiger partial charge in [-0.05, 0) is 74.0 Å². The Balaban J connectivity index is 1.81. The normalized spacial score (nSPS) is 17.6. The monoisotopic (exact) mass is 842 g/mol. The van der Waals surface area contributed by atoms with E-state index < -0.39 is 71.1 Å². The zero-order valence-corrected chi connectivity index (χ0v) is 35.9. The number of benzene rings is 1. The number of nitrogens with zero attached hydrogens (tertiary/aromatic N) is 3. The molecule has 1 saturated heterocycles. The molecule has 0 saturated carbocycles. The number of aliphatic imine (C=N–C) groups is 2. The topological polar surface area (TPSA) is 295 Å². The molecule has 19 nitrogen and oxygen atoms in total. The number of rotatable bonds is 22. The molecular formula is C41H67N11O8. The van der Waals surface area contributed by atoms with Crippen molar-refractivity contribution in [2.24, 2.45) is 38.7 Å². The van der Waals surface area contributed by atoms with Gasteiger partial charge in [-0.2, -0.15) is 0 Å². The molecule has 2 heterocycles. The number of carboxylic acids is 1. The molecule has 2 aliphatic heterocycles. The third-order valence-corrected chi connectivity index (χ3v) is 10.4. The zero-order valence-electron chi connectivity index (χ0n) is 35.9. The van der Waals surface area contributed by atoms with Crippen LogP contribution in [0.5, 0.6) is 5.75 Å². The average molecular weight is 842 g/mol. The first-order valence-corrected chi connectivity index (χ1v) is 20.9. The Morgan fingerprint density at radius 3 is 2.20 bits per heavy atom. The first-order chi connectivity index (χ1) is 28.3. The molecule has 2 aliphatic rings. The van der Waals surface area contributed by atoms with Crippen molar-refractivity contribution in [1.82, 2.24) is 36.8 Å². The smallest absolute Gasteiger partial charge is 0.326 e. The van der Waals surface area contributed by atoms with E-state index in [0.717, 1.165) is 12.5 Å². The summed E-state index contributed by atoms with van der Waals surface area (Å²) in [5.41, 5.74) is 10.7. The van der Waals surface area contributed by atoms with Gasteiger partial charge in [0.25, 0.3) is 0 Å². The summed E-state index contributed by atoms with van der Waals surface area (Å²) in [4.78, 5) is 91.3. The van der Waals surface area contributed by atoms with E-state index in [-0.39, 0.29) is 55.9 Å². The minimum atomic E-state index is -1.25. The number of aliphatic carboxylic acids is 1. The fourth-order valence-electron chi connectivity index (χ4n) is 7.05. The van der Waals surface area contributed by atoms with Crippen LogP contribution in [0.4, 0.5) is 0 Å². The van der Waals surface area contributed by atoms with Crippen molar-refractivity contribution < 1.29 is 39.0 Å². The third-order valence-electron chi connectivity index (χ3n) is 10.4. The summed E-state index contributed by atoms with van der Waals surface area (Å²) in [5.74, 6) is -3.79. The molecule has 1 aromatic carbocycles. The van der Waals surface area contributed by atoms with Crippen molar-refractivity contribution in [1.29, 1.82) is 0 Å². The van der Waals surface area contributed by atoms with Gasteiger partial charge in [0.05, 0.1) is 6.54 Å². The molecule has 5 amide bonds. The van der Waals surface area contributed by atoms with E-state index in [9.17, 15) is 39.0 Å². The first-order valence-electron chi connectivity index (χ1n) is 20.9. The van der Waals surface area contributed by atoms with Crippen molar-refractivity contribution in [2.45, 2.75) is 123 Å². The fourth-order valence-corrected chi connectivity index (χ4v) is 7.05. The van der Waals surface area contributed by atoms with Gasteiger partial charge in [-0.15, -0.1) is 0 Å². The largest absolute Gasteiger partial charge is 0.508 e. The highest BCUT2D eigenvalue weighted by molar-refractivity contribution is 5.96. The van der Waals surface area contributed by atoms with Gasteiger partial charge in [0, 0.05) is 38.5 Å². The first kappa shape index (κ1) is 48.7. The molecule has 3 rings (SSSR count). The number of aromatic hydroxyl groups is 1. The Bertz CT molecular complexity index is 1690. The molecule has 1 fully saturated rings. The fraction of sp³-hybridized carbons (Fsp3) is 0.659. The number of nitrogens with one attached hydrogen (secondary N) is 6. The number of hydrogen-bond acceptors (Lipinski definition) is 11. The maximum absolute atomic E-state index is 14.3. The van der Waals surface area contributed by atoms with Crippen LogP contribution >= 0.6 is 0 Å². The van der Waals surface area contributed by atoms with E-state index in [2.05, 4.69) is 41.9 Å². The van der Waals surface area contributed by atoms with Crippen molar-refractivity contribution in [2.75, 3.05) is 32.7 Å². The quantitative estimate of drug-likeness (QED) is 0.0422. The summed E-state index contributed by atoms with van der Waals surface area (Å²) < 4.78 is 0. The van der Waals surface area contributed by atoms with Crippen LogP contribution in [0.2, 0.25) is 0 Å². The lowest BCUT2D eigenvalue weighted by atomic mass is 9.85. The second kappa shape index (κ2) is 23.2. The molecule has 60 heavy (non-hydrogen) atoms. The van der Waals surface area contributed by atoms with Crippen LogP contribution in [0.1, 0.15) is 92.1 Å². The predicted octanol–water partition coefficient (Wildman–Crippen LogP) is 0.0604. The highest BCUT2D eigenvalue weighted by Crippen LogP contribution is 2.23. The number of carboxylic acid groups (broad SMARTS) is 1. The molecule has 12 N–H and O–H groups in total. The SMILES string of the molecule is CC(C)C[C@H](NC(=O)[C@@H](NC(=O)[C@H](Cc1ccc(O)cc1)NC(=O)[C@@H]1CCCN1C(=O)[C@H](CCCN=C(N)N)NC(=O)[C@@H](C)CCCNC1=NCCN1)C(C)(C)C)C(=O)O. The molecule has 19 heteroatoms. The van der Waals surface area contributed by atoms with Crippen LogP contribution in [-0.4, -0.2) is 125 Å². The summed E-state index contributed by atoms with van der Waals surface area (Å²) in [6, 6.07) is 0.501. The molecule has 0 aliphatic carbocycles. The van der Waals surface area contributed by atoms with Gasteiger partial charge in [-0.3, -0.25) is 34.0 Å². The Kier molecular flexibility index (Phi) is 18.9. The van der Waals surface area contributed by atoms with Crippen LogP contribution in [-0.2, 0) is 35.2 Å². The summed E-state index contributed by atoms with van der Waals surface area (Å²) in [7, 11) is 0. The lowest BCUT2D eigenvalue weighted by Gasteiger charge is -2.33. The Labute approximate surface area is 352 Å². The summed E-state index contributed by atoms with van der Waals surface area (Å²) in [5, 5.41) is 37.1. The van der Waals surface area contributed by atoms with Crippen molar-refractivity contribution in [3.8, 4) is 5.75 Å². The third kappa shape index (κ3) is 15.9. The molecule has 0 aromatic heterocycles. The van der Waals surface area contributed by atoms with Crippen molar-refractivity contribution >= 4 is 47.4 Å². The number of phenols is 1. The summed E-state index contributed by atoms with van der Waals surface area (Å²) in [6.07, 6.45) is 2.73. The second-order valence-electron chi connectivity index (χ2n) is 17.1. The van der Waals surface area contributed by atoms with Gasteiger partial charge in [0.15, 0.2) is 11.9 Å². The van der Waals surface area contributed by atoms with Crippen molar-refractivity contribution in [3.63, 3.8) is 0 Å². The minimum Gasteiger partial charge on any atom is -0.508 e. The van der Waals surface area contributed by atoms with E-state index in [1.807, 2.05) is 13.8 Å². The Morgan fingerprint density at radius 1 is 0.917 bits per heavy atom. The number of guanidine groups is 2. The maximum Gasteiger partial charge on any atom is 0.326 e. The van der Waals surface area contributed by atoms with Crippen LogP contribution in [0.3, 0.4) is 0 Å². The van der Waals surface area contributed by atoms with E-state index in [4.69, 9.17) is 11.5 Å². The lowest BCUT2D eigenvalue weighted by molar-refractivity contribution is -0.144. The number of amides is 5. The van der Waals surface area contributed by atoms with Gasteiger partial charge in [0.2, 0.25) is 29.5 Å². The zero-order chi connectivity index (χ0) is 44.6. The molecular weight excluding hydrogens is 775 g/mol. The molecule has 1 aromatic rings. The van der Waals surface area contributed by atoms with Crippen LogP contribution in [0.25, 0.3) is 0 Å². The molecule has 0 radical (unpaired) electrons. The molecule has 0 bridgehead atoms. The van der Waals surface area contributed by atoms with E-state index in [1.165, 1.54) is 17.0 Å². The minimum absolute atomic E-state index is 0.00129. The maximum atomic E-state index is 14.3. The highest BCUT2D eigenvalue weighted by Gasteiger charge is 2.41. The number of hydrogen-bond donors (Lipinski definition) is 10. The Morgan fingerprint density at radius 2 is 1.60 bits per heavy atom. The molecule has 334 valence electrons.